The van der Waals surface area contributed by atoms with Gasteiger partial charge in [0, 0.05) is 19.6 Å². The number of amides is 3. The van der Waals surface area contributed by atoms with Crippen LogP contribution in [0.2, 0.25) is 0 Å². The largest absolute Gasteiger partial charge is 0.353 e. The van der Waals surface area contributed by atoms with Crippen molar-refractivity contribution in [3.8, 4) is 0 Å². The number of hydrogen-bond donors (Lipinski definition) is 3. The van der Waals surface area contributed by atoms with Crippen LogP contribution in [-0.4, -0.2) is 49.6 Å². The van der Waals surface area contributed by atoms with Gasteiger partial charge in [-0.3, -0.25) is 4.79 Å². The summed E-state index contributed by atoms with van der Waals surface area (Å²) >= 11 is 0. The lowest BCUT2D eigenvalue weighted by molar-refractivity contribution is -0.120. The average Bonchev–Trinajstić information content (AvgIpc) is 2.56. The molecular weight excluding hydrogens is 299 g/mol. The summed E-state index contributed by atoms with van der Waals surface area (Å²) in [4.78, 5) is 25.4. The molecule has 0 atom stereocenters. The van der Waals surface area contributed by atoms with Gasteiger partial charge in [-0.05, 0) is 30.8 Å². The fourth-order valence-electron chi connectivity index (χ4n) is 1.96. The van der Waals surface area contributed by atoms with Gasteiger partial charge < -0.3 is 20.9 Å². The van der Waals surface area contributed by atoms with Crippen LogP contribution in [-0.2, 0) is 11.3 Å². The highest BCUT2D eigenvalue weighted by molar-refractivity contribution is 5.83. The molecule has 3 amide bonds. The lowest BCUT2D eigenvalue weighted by Crippen LogP contribution is -2.43. The van der Waals surface area contributed by atoms with Crippen LogP contribution in [0.1, 0.15) is 19.4 Å². The van der Waals surface area contributed by atoms with Crippen molar-refractivity contribution in [2.75, 3.05) is 32.7 Å². The van der Waals surface area contributed by atoms with Gasteiger partial charge in [0.25, 0.3) is 0 Å². The zero-order valence-electron chi connectivity index (χ0n) is 13.7. The highest BCUT2D eigenvalue weighted by Crippen LogP contribution is 2.01. The summed E-state index contributed by atoms with van der Waals surface area (Å²) in [5, 5.41) is 7.84. The summed E-state index contributed by atoms with van der Waals surface area (Å²) < 4.78 is 12.7. The molecule has 0 saturated carbocycles. The summed E-state index contributed by atoms with van der Waals surface area (Å²) in [7, 11) is 0. The zero-order valence-corrected chi connectivity index (χ0v) is 13.7. The molecule has 7 heteroatoms. The summed E-state index contributed by atoms with van der Waals surface area (Å²) in [6, 6.07) is 5.41. The monoisotopic (exact) mass is 324 g/mol. The third-order valence-electron chi connectivity index (χ3n) is 3.42. The lowest BCUT2D eigenvalue weighted by Gasteiger charge is -2.18. The van der Waals surface area contributed by atoms with Crippen molar-refractivity contribution in [3.63, 3.8) is 0 Å². The Bertz CT molecular complexity index is 489. The molecule has 1 rings (SSSR count). The molecule has 6 nitrogen and oxygen atoms in total. The number of rotatable bonds is 9. The number of nitrogens with zero attached hydrogens (tertiary/aromatic N) is 1. The Labute approximate surface area is 136 Å². The number of likely N-dealkylation sites (N-methyl/N-ethyl adjacent to an activating group) is 1. The van der Waals surface area contributed by atoms with Crippen LogP contribution >= 0.6 is 0 Å². The number of carbonyl (C=O) groups excluding carboxylic acids is 2. The number of hydrogen-bond acceptors (Lipinski definition) is 3. The van der Waals surface area contributed by atoms with E-state index < -0.39 is 6.03 Å². The number of carbonyl (C=O) groups is 2. The molecule has 23 heavy (non-hydrogen) atoms. The number of urea groups is 1. The van der Waals surface area contributed by atoms with Crippen molar-refractivity contribution in [1.29, 1.82) is 0 Å². The maximum atomic E-state index is 12.7. The molecular formula is C16H25FN4O2. The van der Waals surface area contributed by atoms with Gasteiger partial charge in [-0.1, -0.05) is 26.0 Å². The number of halogens is 1. The van der Waals surface area contributed by atoms with Gasteiger partial charge in [0.05, 0.1) is 6.54 Å². The number of benzene rings is 1. The van der Waals surface area contributed by atoms with Crippen LogP contribution in [0.5, 0.6) is 0 Å². The van der Waals surface area contributed by atoms with E-state index in [2.05, 4.69) is 34.7 Å². The quantitative estimate of drug-likeness (QED) is 0.636. The van der Waals surface area contributed by atoms with E-state index in [-0.39, 0.29) is 24.8 Å². The predicted octanol–water partition coefficient (Wildman–Crippen LogP) is 1.08. The van der Waals surface area contributed by atoms with Gasteiger partial charge in [0.15, 0.2) is 0 Å². The molecule has 0 bridgehead atoms. The van der Waals surface area contributed by atoms with E-state index >= 15 is 0 Å². The Morgan fingerprint density at radius 2 is 1.70 bits per heavy atom. The van der Waals surface area contributed by atoms with Crippen LogP contribution in [0.3, 0.4) is 0 Å². The van der Waals surface area contributed by atoms with Crippen molar-refractivity contribution in [2.45, 2.75) is 20.4 Å². The molecule has 128 valence electrons. The molecule has 3 N–H and O–H groups in total. The van der Waals surface area contributed by atoms with Crippen molar-refractivity contribution >= 4 is 11.9 Å². The van der Waals surface area contributed by atoms with Crippen molar-refractivity contribution in [1.82, 2.24) is 20.9 Å². The molecule has 0 aliphatic heterocycles. The van der Waals surface area contributed by atoms with E-state index in [0.717, 1.165) is 25.2 Å². The highest BCUT2D eigenvalue weighted by atomic mass is 19.1. The van der Waals surface area contributed by atoms with E-state index in [1.807, 2.05) is 0 Å². The van der Waals surface area contributed by atoms with E-state index in [9.17, 15) is 14.0 Å². The minimum absolute atomic E-state index is 0.0759. The molecule has 0 heterocycles. The first-order valence-electron chi connectivity index (χ1n) is 7.80. The Kier molecular flexibility index (Phi) is 8.67. The molecule has 1 aromatic carbocycles. The van der Waals surface area contributed by atoms with E-state index in [1.165, 1.54) is 12.1 Å². The minimum Gasteiger partial charge on any atom is -0.353 e. The van der Waals surface area contributed by atoms with Crippen LogP contribution in [0.4, 0.5) is 9.18 Å². The highest BCUT2D eigenvalue weighted by Gasteiger charge is 2.05. The molecule has 0 spiro atoms. The van der Waals surface area contributed by atoms with E-state index in [0.29, 0.717) is 6.54 Å². The topological polar surface area (TPSA) is 73.5 Å². The van der Waals surface area contributed by atoms with Gasteiger partial charge in [0.1, 0.15) is 5.82 Å². The van der Waals surface area contributed by atoms with Gasteiger partial charge >= 0.3 is 6.03 Å². The van der Waals surface area contributed by atoms with Crippen molar-refractivity contribution in [3.05, 3.63) is 35.6 Å². The van der Waals surface area contributed by atoms with Gasteiger partial charge in [-0.25, -0.2) is 9.18 Å². The first-order valence-corrected chi connectivity index (χ1v) is 7.80. The smallest absolute Gasteiger partial charge is 0.315 e. The van der Waals surface area contributed by atoms with Crippen LogP contribution in [0.25, 0.3) is 0 Å². The molecule has 0 radical (unpaired) electrons. The molecule has 0 aliphatic carbocycles. The average molecular weight is 324 g/mol. The van der Waals surface area contributed by atoms with Gasteiger partial charge in [-0.15, -0.1) is 0 Å². The van der Waals surface area contributed by atoms with Crippen LogP contribution < -0.4 is 16.0 Å². The van der Waals surface area contributed by atoms with Gasteiger partial charge in [0.2, 0.25) is 5.91 Å². The molecule has 0 saturated heterocycles. The maximum absolute atomic E-state index is 12.7. The summed E-state index contributed by atoms with van der Waals surface area (Å²) in [6.07, 6.45) is 0. The zero-order chi connectivity index (χ0) is 17.1. The molecule has 0 fully saturated rings. The second-order valence-corrected chi connectivity index (χ2v) is 5.04. The molecule has 0 aromatic heterocycles. The summed E-state index contributed by atoms with van der Waals surface area (Å²) in [5.41, 5.74) is 0.783. The maximum Gasteiger partial charge on any atom is 0.315 e. The Morgan fingerprint density at radius 3 is 2.30 bits per heavy atom. The van der Waals surface area contributed by atoms with E-state index in [1.54, 1.807) is 12.1 Å². The second-order valence-electron chi connectivity index (χ2n) is 5.04. The molecule has 1 aromatic rings. The van der Waals surface area contributed by atoms with E-state index in [4.69, 9.17) is 0 Å². The standard InChI is InChI=1S/C16H25FN4O2/c1-3-21(4-2)10-9-18-15(22)12-20-16(23)19-11-13-5-7-14(17)8-6-13/h5-8H,3-4,9-12H2,1-2H3,(H,18,22)(H2,19,20,23). The molecule has 0 unspecified atom stereocenters. The third kappa shape index (κ3) is 8.15. The van der Waals surface area contributed by atoms with Crippen LogP contribution in [0, 0.1) is 5.82 Å². The Hall–Kier alpha value is -2.15. The van der Waals surface area contributed by atoms with Crippen molar-refractivity contribution < 1.29 is 14.0 Å². The third-order valence-corrected chi connectivity index (χ3v) is 3.42. The number of nitrogens with one attached hydrogen (secondary N) is 3. The first kappa shape index (κ1) is 18.9. The Morgan fingerprint density at radius 1 is 1.04 bits per heavy atom. The second kappa shape index (κ2) is 10.6. The fraction of sp³-hybridized carbons (Fsp3) is 0.500. The summed E-state index contributed by atoms with van der Waals surface area (Å²) in [6.45, 7) is 7.56. The Balaban J connectivity index is 2.15. The van der Waals surface area contributed by atoms with Gasteiger partial charge in [-0.2, -0.15) is 0 Å². The minimum atomic E-state index is -0.437. The summed E-state index contributed by atoms with van der Waals surface area (Å²) in [5.74, 6) is -0.548. The molecule has 0 aliphatic rings. The SMILES string of the molecule is CCN(CC)CCNC(=O)CNC(=O)NCc1ccc(F)cc1. The first-order chi connectivity index (χ1) is 11.0. The lowest BCUT2D eigenvalue weighted by atomic mass is 10.2. The predicted molar refractivity (Wildman–Crippen MR) is 87.4 cm³/mol. The van der Waals surface area contributed by atoms with Crippen molar-refractivity contribution in [2.24, 2.45) is 0 Å². The normalized spacial score (nSPS) is 10.4. The fourth-order valence-corrected chi connectivity index (χ4v) is 1.96. The van der Waals surface area contributed by atoms with Crippen LogP contribution in [0.15, 0.2) is 24.3 Å².